The summed E-state index contributed by atoms with van der Waals surface area (Å²) in [5.41, 5.74) is 6.31. The maximum Gasteiger partial charge on any atom is 0.215 e. The molecular formula is C11H13BrN6S. The van der Waals surface area contributed by atoms with Gasteiger partial charge in [-0.2, -0.15) is 0 Å². The lowest BCUT2D eigenvalue weighted by Crippen LogP contribution is -2.08. The molecule has 6 nitrogen and oxygen atoms in total. The van der Waals surface area contributed by atoms with Crippen LogP contribution in [-0.4, -0.2) is 25.2 Å². The number of tetrazole rings is 1. The fraction of sp³-hybridized carbons (Fsp3) is 0.455. The van der Waals surface area contributed by atoms with Crippen molar-refractivity contribution < 1.29 is 0 Å². The monoisotopic (exact) mass is 340 g/mol. The molecule has 0 saturated heterocycles. The first-order valence-corrected chi connectivity index (χ1v) is 7.72. The van der Waals surface area contributed by atoms with Gasteiger partial charge in [0.1, 0.15) is 5.03 Å². The van der Waals surface area contributed by atoms with Gasteiger partial charge in [-0.25, -0.2) is 9.67 Å². The van der Waals surface area contributed by atoms with E-state index in [0.29, 0.717) is 11.7 Å². The fourth-order valence-electron chi connectivity index (χ4n) is 2.23. The summed E-state index contributed by atoms with van der Waals surface area (Å²) in [5.74, 6) is 0. The van der Waals surface area contributed by atoms with E-state index in [1.165, 1.54) is 24.6 Å². The maximum absolute atomic E-state index is 5.68. The number of aromatic nitrogens is 5. The van der Waals surface area contributed by atoms with Crippen molar-refractivity contribution in [2.24, 2.45) is 0 Å². The first-order valence-electron chi connectivity index (χ1n) is 6.11. The first-order chi connectivity index (χ1) is 9.24. The Balaban J connectivity index is 1.85. The number of halogens is 1. The van der Waals surface area contributed by atoms with E-state index in [9.17, 15) is 0 Å². The molecule has 0 spiro atoms. The third kappa shape index (κ3) is 2.74. The van der Waals surface area contributed by atoms with Crippen LogP contribution in [0.2, 0.25) is 0 Å². The molecule has 2 aromatic heterocycles. The zero-order valence-corrected chi connectivity index (χ0v) is 12.6. The van der Waals surface area contributed by atoms with Gasteiger partial charge in [0.2, 0.25) is 5.16 Å². The van der Waals surface area contributed by atoms with Crippen molar-refractivity contribution in [1.29, 1.82) is 0 Å². The maximum atomic E-state index is 5.68. The standard InChI is InChI=1S/C11H13BrN6S/c12-9-5-7(13)6-14-10(9)19-11-15-16-17-18(11)8-3-1-2-4-8/h5-6,8H,1-4,13H2. The summed E-state index contributed by atoms with van der Waals surface area (Å²) in [5, 5.41) is 13.6. The zero-order valence-electron chi connectivity index (χ0n) is 10.2. The van der Waals surface area contributed by atoms with Crippen molar-refractivity contribution >= 4 is 33.4 Å². The van der Waals surface area contributed by atoms with Gasteiger partial charge in [-0.1, -0.05) is 12.8 Å². The van der Waals surface area contributed by atoms with E-state index in [1.54, 1.807) is 6.20 Å². The number of nitrogen functional groups attached to an aromatic ring is 1. The van der Waals surface area contributed by atoms with E-state index in [-0.39, 0.29) is 0 Å². The number of pyridine rings is 1. The normalized spacial score (nSPS) is 16.1. The summed E-state index contributed by atoms with van der Waals surface area (Å²) < 4.78 is 2.78. The molecule has 1 aliphatic carbocycles. The highest BCUT2D eigenvalue weighted by Gasteiger charge is 2.22. The van der Waals surface area contributed by atoms with Crippen LogP contribution in [-0.2, 0) is 0 Å². The van der Waals surface area contributed by atoms with Gasteiger partial charge in [0.25, 0.3) is 0 Å². The van der Waals surface area contributed by atoms with Crippen molar-refractivity contribution in [3.8, 4) is 0 Å². The Morgan fingerprint density at radius 1 is 1.37 bits per heavy atom. The second-order valence-corrected chi connectivity index (χ2v) is 6.31. The van der Waals surface area contributed by atoms with Crippen LogP contribution in [0.1, 0.15) is 31.7 Å². The summed E-state index contributed by atoms with van der Waals surface area (Å²) in [6.45, 7) is 0. The van der Waals surface area contributed by atoms with Crippen LogP contribution < -0.4 is 5.73 Å². The minimum Gasteiger partial charge on any atom is -0.397 e. The molecule has 19 heavy (non-hydrogen) atoms. The van der Waals surface area contributed by atoms with Gasteiger partial charge in [0, 0.05) is 0 Å². The van der Waals surface area contributed by atoms with Crippen molar-refractivity contribution in [3.05, 3.63) is 16.7 Å². The van der Waals surface area contributed by atoms with Crippen LogP contribution in [0.4, 0.5) is 5.69 Å². The molecule has 8 heteroatoms. The molecule has 0 atom stereocenters. The van der Waals surface area contributed by atoms with Crippen LogP contribution in [0.5, 0.6) is 0 Å². The van der Waals surface area contributed by atoms with Gasteiger partial charge in [0.15, 0.2) is 0 Å². The largest absolute Gasteiger partial charge is 0.397 e. The molecule has 0 bridgehead atoms. The molecule has 1 fully saturated rings. The molecule has 0 aliphatic heterocycles. The summed E-state index contributed by atoms with van der Waals surface area (Å²) in [6.07, 6.45) is 6.43. The summed E-state index contributed by atoms with van der Waals surface area (Å²) in [7, 11) is 0. The molecular weight excluding hydrogens is 328 g/mol. The Morgan fingerprint density at radius 2 is 2.16 bits per heavy atom. The average molecular weight is 341 g/mol. The highest BCUT2D eigenvalue weighted by molar-refractivity contribution is 9.10. The number of hydrogen-bond donors (Lipinski definition) is 1. The number of anilines is 1. The van der Waals surface area contributed by atoms with Gasteiger partial charge < -0.3 is 5.73 Å². The molecule has 3 rings (SSSR count). The number of hydrogen-bond acceptors (Lipinski definition) is 6. The first kappa shape index (κ1) is 12.9. The van der Waals surface area contributed by atoms with E-state index in [4.69, 9.17) is 5.73 Å². The highest BCUT2D eigenvalue weighted by atomic mass is 79.9. The van der Waals surface area contributed by atoms with Crippen LogP contribution in [0.25, 0.3) is 0 Å². The molecule has 0 aromatic carbocycles. The molecule has 2 heterocycles. The highest BCUT2D eigenvalue weighted by Crippen LogP contribution is 2.35. The SMILES string of the molecule is Nc1cnc(Sc2nnnn2C2CCCC2)c(Br)c1. The summed E-state index contributed by atoms with van der Waals surface area (Å²) in [4.78, 5) is 4.30. The van der Waals surface area contributed by atoms with E-state index in [0.717, 1.165) is 27.5 Å². The quantitative estimate of drug-likeness (QED) is 0.924. The Hall–Kier alpha value is -1.15. The van der Waals surface area contributed by atoms with E-state index < -0.39 is 0 Å². The minimum absolute atomic E-state index is 0.421. The Morgan fingerprint density at radius 3 is 2.89 bits per heavy atom. The molecule has 2 aromatic rings. The van der Waals surface area contributed by atoms with Crippen molar-refractivity contribution in [3.63, 3.8) is 0 Å². The van der Waals surface area contributed by atoms with E-state index in [2.05, 4.69) is 36.4 Å². The Labute approximate surface area is 123 Å². The molecule has 1 saturated carbocycles. The lowest BCUT2D eigenvalue weighted by atomic mass is 10.3. The van der Waals surface area contributed by atoms with E-state index in [1.807, 2.05) is 10.7 Å². The fourth-order valence-corrected chi connectivity index (χ4v) is 3.63. The molecule has 0 radical (unpaired) electrons. The van der Waals surface area contributed by atoms with Crippen molar-refractivity contribution in [1.82, 2.24) is 25.2 Å². The zero-order chi connectivity index (χ0) is 13.2. The molecule has 0 amide bonds. The van der Waals surface area contributed by atoms with E-state index >= 15 is 0 Å². The van der Waals surface area contributed by atoms with Gasteiger partial charge in [-0.05, 0) is 57.0 Å². The Kier molecular flexibility index (Phi) is 3.69. The Bertz CT molecular complexity index is 580. The van der Waals surface area contributed by atoms with Crippen LogP contribution >= 0.6 is 27.7 Å². The van der Waals surface area contributed by atoms with Gasteiger partial charge in [-0.3, -0.25) is 0 Å². The number of nitrogens with two attached hydrogens (primary N) is 1. The van der Waals surface area contributed by atoms with Gasteiger partial charge >= 0.3 is 0 Å². The topological polar surface area (TPSA) is 82.5 Å². The van der Waals surface area contributed by atoms with Gasteiger partial charge in [-0.15, -0.1) is 5.10 Å². The second-order valence-electron chi connectivity index (χ2n) is 4.50. The van der Waals surface area contributed by atoms with Crippen molar-refractivity contribution in [2.45, 2.75) is 41.9 Å². The summed E-state index contributed by atoms with van der Waals surface area (Å²) in [6, 6.07) is 2.25. The van der Waals surface area contributed by atoms with Crippen molar-refractivity contribution in [2.75, 3.05) is 5.73 Å². The third-order valence-electron chi connectivity index (χ3n) is 3.15. The van der Waals surface area contributed by atoms with Gasteiger partial charge in [0.05, 0.1) is 22.4 Å². The number of rotatable bonds is 3. The minimum atomic E-state index is 0.421. The third-order valence-corrected chi connectivity index (χ3v) is 4.99. The van der Waals surface area contributed by atoms with Crippen LogP contribution in [0.3, 0.4) is 0 Å². The lowest BCUT2D eigenvalue weighted by molar-refractivity contribution is 0.423. The predicted molar refractivity (Wildman–Crippen MR) is 75.8 cm³/mol. The lowest BCUT2D eigenvalue weighted by Gasteiger charge is -2.10. The second kappa shape index (κ2) is 5.46. The molecule has 2 N–H and O–H groups in total. The molecule has 100 valence electrons. The molecule has 0 unspecified atom stereocenters. The molecule has 1 aliphatic rings. The van der Waals surface area contributed by atoms with Crippen LogP contribution in [0.15, 0.2) is 26.9 Å². The smallest absolute Gasteiger partial charge is 0.215 e. The van der Waals surface area contributed by atoms with Crippen LogP contribution in [0, 0.1) is 0 Å². The number of nitrogens with zero attached hydrogens (tertiary/aromatic N) is 5. The average Bonchev–Trinajstić information content (AvgIpc) is 3.03. The predicted octanol–water partition coefficient (Wildman–Crippen LogP) is 2.68. The summed E-state index contributed by atoms with van der Waals surface area (Å²) >= 11 is 4.92.